The van der Waals surface area contributed by atoms with Crippen LogP contribution in [0.15, 0.2) is 30.6 Å². The minimum Gasteiger partial charge on any atom is -0.496 e. The van der Waals surface area contributed by atoms with Gasteiger partial charge in [-0.05, 0) is 25.1 Å². The number of ether oxygens (including phenoxy) is 3. The Labute approximate surface area is 144 Å². The molecule has 0 bridgehead atoms. The van der Waals surface area contributed by atoms with Gasteiger partial charge < -0.3 is 19.5 Å². The van der Waals surface area contributed by atoms with Crippen molar-refractivity contribution in [3.05, 3.63) is 42.0 Å². The van der Waals surface area contributed by atoms with Crippen LogP contribution in [0.5, 0.6) is 11.5 Å². The second kappa shape index (κ2) is 7.52. The summed E-state index contributed by atoms with van der Waals surface area (Å²) in [6.07, 6.45) is 3.06. The van der Waals surface area contributed by atoms with Gasteiger partial charge in [0.1, 0.15) is 17.7 Å². The zero-order valence-corrected chi connectivity index (χ0v) is 14.1. The van der Waals surface area contributed by atoms with Crippen LogP contribution in [0.2, 0.25) is 0 Å². The van der Waals surface area contributed by atoms with Gasteiger partial charge in [0, 0.05) is 6.54 Å². The molecule has 1 N–H and O–H groups in total. The zero-order chi connectivity index (χ0) is 17.8. The molecule has 2 atom stereocenters. The number of nitrogens with one attached hydrogen (secondary N) is 1. The van der Waals surface area contributed by atoms with Crippen LogP contribution in [0.4, 0.5) is 4.39 Å². The largest absolute Gasteiger partial charge is 0.496 e. The molecule has 25 heavy (non-hydrogen) atoms. The molecule has 0 spiro atoms. The summed E-state index contributed by atoms with van der Waals surface area (Å²) < 4.78 is 31.6. The SMILES string of the molecule is CCn1cc(O[C@@H]2COC[C@@H]2NC(=O)c2cc(F)ccc2OC)cn1. The monoisotopic (exact) mass is 349 g/mol. The highest BCUT2D eigenvalue weighted by Crippen LogP contribution is 2.21. The Hall–Kier alpha value is -2.61. The third-order valence-corrected chi connectivity index (χ3v) is 3.97. The third-order valence-electron chi connectivity index (χ3n) is 3.97. The number of carbonyl (C=O) groups is 1. The van der Waals surface area contributed by atoms with Crippen molar-refractivity contribution >= 4 is 5.91 Å². The first-order valence-electron chi connectivity index (χ1n) is 8.02. The van der Waals surface area contributed by atoms with Crippen LogP contribution in [0, 0.1) is 5.82 Å². The normalized spacial score (nSPS) is 19.6. The average Bonchev–Trinajstić information content (AvgIpc) is 3.24. The maximum atomic E-state index is 13.5. The van der Waals surface area contributed by atoms with Gasteiger partial charge in [0.05, 0.1) is 44.3 Å². The van der Waals surface area contributed by atoms with E-state index < -0.39 is 11.7 Å². The Morgan fingerprint density at radius 2 is 2.32 bits per heavy atom. The van der Waals surface area contributed by atoms with Crippen molar-refractivity contribution in [2.24, 2.45) is 0 Å². The maximum absolute atomic E-state index is 13.5. The second-order valence-corrected chi connectivity index (χ2v) is 5.65. The van der Waals surface area contributed by atoms with Gasteiger partial charge in [-0.25, -0.2) is 4.39 Å². The topological polar surface area (TPSA) is 74.6 Å². The first-order chi connectivity index (χ1) is 12.1. The van der Waals surface area contributed by atoms with E-state index in [-0.39, 0.29) is 17.7 Å². The lowest BCUT2D eigenvalue weighted by Gasteiger charge is -2.20. The molecule has 1 aliphatic rings. The Morgan fingerprint density at radius 3 is 3.04 bits per heavy atom. The van der Waals surface area contributed by atoms with Crippen molar-refractivity contribution in [3.8, 4) is 11.5 Å². The van der Waals surface area contributed by atoms with E-state index in [0.29, 0.717) is 24.7 Å². The highest BCUT2D eigenvalue weighted by molar-refractivity contribution is 5.97. The standard InChI is InChI=1S/C17H20FN3O4/c1-3-21-8-12(7-19-21)25-16-10-24-9-14(16)20-17(22)13-6-11(18)4-5-15(13)23-2/h4-8,14,16H,3,9-10H2,1-2H3,(H,20,22)/t14-,16+/m0/s1. The number of benzene rings is 1. The summed E-state index contributed by atoms with van der Waals surface area (Å²) in [4.78, 5) is 12.5. The molecule has 2 aromatic rings. The molecule has 0 radical (unpaired) electrons. The van der Waals surface area contributed by atoms with Crippen LogP contribution in [-0.2, 0) is 11.3 Å². The number of hydrogen-bond donors (Lipinski definition) is 1. The number of methoxy groups -OCH3 is 1. The van der Waals surface area contributed by atoms with Gasteiger partial charge in [0.2, 0.25) is 0 Å². The van der Waals surface area contributed by atoms with E-state index >= 15 is 0 Å². The molecule has 1 aliphatic heterocycles. The highest BCUT2D eigenvalue weighted by atomic mass is 19.1. The summed E-state index contributed by atoms with van der Waals surface area (Å²) in [6, 6.07) is 3.45. The molecular formula is C17H20FN3O4. The van der Waals surface area contributed by atoms with E-state index in [4.69, 9.17) is 14.2 Å². The zero-order valence-electron chi connectivity index (χ0n) is 14.1. The summed E-state index contributed by atoms with van der Waals surface area (Å²) in [5.41, 5.74) is 0.131. The first kappa shape index (κ1) is 17.2. The molecule has 0 unspecified atom stereocenters. The molecule has 0 saturated carbocycles. The molecule has 2 heterocycles. The van der Waals surface area contributed by atoms with Crippen molar-refractivity contribution in [2.45, 2.75) is 25.6 Å². The molecule has 1 aromatic heterocycles. The van der Waals surface area contributed by atoms with Crippen molar-refractivity contribution < 1.29 is 23.4 Å². The molecule has 1 aromatic carbocycles. The van der Waals surface area contributed by atoms with E-state index in [1.54, 1.807) is 17.1 Å². The molecule has 7 nitrogen and oxygen atoms in total. The summed E-state index contributed by atoms with van der Waals surface area (Å²) in [6.45, 7) is 3.38. The molecule has 8 heteroatoms. The van der Waals surface area contributed by atoms with Gasteiger partial charge in [0.15, 0.2) is 5.75 Å². The van der Waals surface area contributed by atoms with Gasteiger partial charge in [-0.15, -0.1) is 0 Å². The second-order valence-electron chi connectivity index (χ2n) is 5.65. The minimum absolute atomic E-state index is 0.131. The van der Waals surface area contributed by atoms with Gasteiger partial charge >= 0.3 is 0 Å². The molecule has 3 rings (SSSR count). The fourth-order valence-corrected chi connectivity index (χ4v) is 2.64. The summed E-state index contributed by atoms with van der Waals surface area (Å²) in [5, 5.41) is 6.97. The van der Waals surface area contributed by atoms with E-state index in [1.165, 1.54) is 19.2 Å². The van der Waals surface area contributed by atoms with Crippen molar-refractivity contribution in [2.75, 3.05) is 20.3 Å². The van der Waals surface area contributed by atoms with Crippen molar-refractivity contribution in [1.29, 1.82) is 0 Å². The summed E-state index contributed by atoms with van der Waals surface area (Å²) >= 11 is 0. The third kappa shape index (κ3) is 3.90. The van der Waals surface area contributed by atoms with Crippen LogP contribution < -0.4 is 14.8 Å². The molecule has 134 valence electrons. The first-order valence-corrected chi connectivity index (χ1v) is 8.02. The Morgan fingerprint density at radius 1 is 1.48 bits per heavy atom. The molecule has 1 saturated heterocycles. The lowest BCUT2D eigenvalue weighted by Crippen LogP contribution is -2.45. The van der Waals surface area contributed by atoms with Crippen LogP contribution in [0.1, 0.15) is 17.3 Å². The van der Waals surface area contributed by atoms with Crippen molar-refractivity contribution in [3.63, 3.8) is 0 Å². The number of hydrogen-bond acceptors (Lipinski definition) is 5. The maximum Gasteiger partial charge on any atom is 0.255 e. The molecule has 1 amide bonds. The molecule has 0 aliphatic carbocycles. The lowest BCUT2D eigenvalue weighted by atomic mass is 10.1. The predicted molar refractivity (Wildman–Crippen MR) is 87.3 cm³/mol. The van der Waals surface area contributed by atoms with E-state index in [2.05, 4.69) is 10.4 Å². The summed E-state index contributed by atoms with van der Waals surface area (Å²) in [5.74, 6) is -0.0301. The Bertz CT molecular complexity index is 749. The number of amides is 1. The number of halogens is 1. The molecular weight excluding hydrogens is 329 g/mol. The van der Waals surface area contributed by atoms with Gasteiger partial charge in [0.25, 0.3) is 5.91 Å². The van der Waals surface area contributed by atoms with Gasteiger partial charge in [-0.1, -0.05) is 0 Å². The van der Waals surface area contributed by atoms with Crippen LogP contribution >= 0.6 is 0 Å². The van der Waals surface area contributed by atoms with Gasteiger partial charge in [-0.3, -0.25) is 9.48 Å². The van der Waals surface area contributed by atoms with Crippen LogP contribution in [0.25, 0.3) is 0 Å². The lowest BCUT2D eigenvalue weighted by molar-refractivity contribution is 0.0900. The fraction of sp³-hybridized carbons (Fsp3) is 0.412. The van der Waals surface area contributed by atoms with E-state index in [1.807, 2.05) is 6.92 Å². The van der Waals surface area contributed by atoms with Crippen molar-refractivity contribution in [1.82, 2.24) is 15.1 Å². The Balaban J connectivity index is 1.68. The smallest absolute Gasteiger partial charge is 0.255 e. The number of aromatic nitrogens is 2. The van der Waals surface area contributed by atoms with Crippen LogP contribution in [-0.4, -0.2) is 48.2 Å². The highest BCUT2D eigenvalue weighted by Gasteiger charge is 2.32. The quantitative estimate of drug-likeness (QED) is 0.858. The molecule has 1 fully saturated rings. The number of rotatable bonds is 6. The average molecular weight is 349 g/mol. The van der Waals surface area contributed by atoms with E-state index in [0.717, 1.165) is 12.6 Å². The van der Waals surface area contributed by atoms with Gasteiger partial charge in [-0.2, -0.15) is 5.10 Å². The predicted octanol–water partition coefficient (Wildman–Crippen LogP) is 1.63. The number of carbonyl (C=O) groups excluding carboxylic acids is 1. The number of aryl methyl sites for hydroxylation is 1. The minimum atomic E-state index is -0.506. The van der Waals surface area contributed by atoms with E-state index in [9.17, 15) is 9.18 Å². The Kier molecular flexibility index (Phi) is 5.18. The number of nitrogens with zero attached hydrogens (tertiary/aromatic N) is 2. The summed E-state index contributed by atoms with van der Waals surface area (Å²) in [7, 11) is 1.43. The van der Waals surface area contributed by atoms with Crippen LogP contribution in [0.3, 0.4) is 0 Å². The fourth-order valence-electron chi connectivity index (χ4n) is 2.64.